The third-order valence-corrected chi connectivity index (χ3v) is 4.98. The van der Waals surface area contributed by atoms with Gasteiger partial charge in [0.15, 0.2) is 0 Å². The van der Waals surface area contributed by atoms with E-state index in [4.69, 9.17) is 4.74 Å². The maximum atomic E-state index is 14.6. The minimum absolute atomic E-state index is 0.157. The van der Waals surface area contributed by atoms with Crippen LogP contribution in [-0.4, -0.2) is 38.2 Å². The van der Waals surface area contributed by atoms with Gasteiger partial charge in [0.05, 0.1) is 7.11 Å². The van der Waals surface area contributed by atoms with Crippen molar-refractivity contribution in [2.24, 2.45) is 5.92 Å². The van der Waals surface area contributed by atoms with Crippen LogP contribution in [0.15, 0.2) is 12.1 Å². The van der Waals surface area contributed by atoms with Crippen molar-refractivity contribution in [2.45, 2.75) is 31.7 Å². The number of ether oxygens (including phenoxy) is 1. The zero-order valence-electron chi connectivity index (χ0n) is 13.1. The van der Waals surface area contributed by atoms with E-state index in [1.807, 2.05) is 0 Å². The topological polar surface area (TPSA) is 24.5 Å². The number of rotatable bonds is 4. The number of hydrogen-bond donors (Lipinski definition) is 1. The summed E-state index contributed by atoms with van der Waals surface area (Å²) in [4.78, 5) is 2.25. The summed E-state index contributed by atoms with van der Waals surface area (Å²) in [5.74, 6) is -0.376. The van der Waals surface area contributed by atoms with Crippen LogP contribution in [0, 0.1) is 17.6 Å². The average molecular weight is 310 g/mol. The lowest BCUT2D eigenvalue weighted by Crippen LogP contribution is -2.47. The molecular formula is C17H24F2N2O. The molecule has 1 atom stereocenters. The minimum Gasteiger partial charge on any atom is -0.497 e. The smallest absolute Gasteiger partial charge is 0.134 e. The van der Waals surface area contributed by atoms with Gasteiger partial charge in [0.1, 0.15) is 17.4 Å². The highest BCUT2D eigenvalue weighted by Crippen LogP contribution is 2.42. The summed E-state index contributed by atoms with van der Waals surface area (Å²) in [6.07, 6.45) is 4.43. The molecule has 0 unspecified atom stereocenters. The van der Waals surface area contributed by atoms with E-state index < -0.39 is 11.6 Å². The van der Waals surface area contributed by atoms with Crippen molar-refractivity contribution in [3.63, 3.8) is 0 Å². The fraction of sp³-hybridized carbons (Fsp3) is 0.647. The second-order valence-corrected chi connectivity index (χ2v) is 6.28. The van der Waals surface area contributed by atoms with Gasteiger partial charge in [0, 0.05) is 49.9 Å². The van der Waals surface area contributed by atoms with E-state index >= 15 is 0 Å². The molecule has 3 rings (SSSR count). The highest BCUT2D eigenvalue weighted by atomic mass is 19.1. The van der Waals surface area contributed by atoms with Gasteiger partial charge in [-0.1, -0.05) is 12.8 Å². The number of piperazine rings is 1. The van der Waals surface area contributed by atoms with Crippen molar-refractivity contribution in [3.05, 3.63) is 29.3 Å². The molecule has 1 heterocycles. The van der Waals surface area contributed by atoms with Crippen molar-refractivity contribution < 1.29 is 13.5 Å². The van der Waals surface area contributed by atoms with Gasteiger partial charge < -0.3 is 10.1 Å². The Hall–Kier alpha value is -1.20. The SMILES string of the molecule is COc1cc(F)c([C@H](C2CCCC2)N2CCNCC2)c(F)c1. The van der Waals surface area contributed by atoms with Gasteiger partial charge in [-0.15, -0.1) is 0 Å². The van der Waals surface area contributed by atoms with Crippen LogP contribution >= 0.6 is 0 Å². The van der Waals surface area contributed by atoms with Gasteiger partial charge in [0.25, 0.3) is 0 Å². The van der Waals surface area contributed by atoms with Crippen LogP contribution in [0.3, 0.4) is 0 Å². The molecule has 1 saturated heterocycles. The Kier molecular flexibility index (Phi) is 4.93. The van der Waals surface area contributed by atoms with Crippen LogP contribution in [0.4, 0.5) is 8.78 Å². The number of nitrogens with zero attached hydrogens (tertiary/aromatic N) is 1. The molecule has 122 valence electrons. The van der Waals surface area contributed by atoms with E-state index in [-0.39, 0.29) is 17.4 Å². The molecule has 1 N–H and O–H groups in total. The predicted molar refractivity (Wildman–Crippen MR) is 82.1 cm³/mol. The number of methoxy groups -OCH3 is 1. The quantitative estimate of drug-likeness (QED) is 0.925. The summed E-state index contributed by atoms with van der Waals surface area (Å²) >= 11 is 0. The van der Waals surface area contributed by atoms with Crippen LogP contribution in [0.5, 0.6) is 5.75 Å². The highest BCUT2D eigenvalue weighted by molar-refractivity contribution is 5.33. The van der Waals surface area contributed by atoms with Gasteiger partial charge in [-0.05, 0) is 18.8 Å². The molecule has 1 aromatic carbocycles. The molecule has 2 aliphatic rings. The first-order valence-corrected chi connectivity index (χ1v) is 8.18. The van der Waals surface area contributed by atoms with Crippen LogP contribution in [0.1, 0.15) is 37.3 Å². The maximum Gasteiger partial charge on any atom is 0.134 e. The van der Waals surface area contributed by atoms with Crippen molar-refractivity contribution in [1.29, 1.82) is 0 Å². The van der Waals surface area contributed by atoms with Crippen molar-refractivity contribution in [3.8, 4) is 5.75 Å². The maximum absolute atomic E-state index is 14.6. The lowest BCUT2D eigenvalue weighted by Gasteiger charge is -2.39. The van der Waals surface area contributed by atoms with E-state index in [9.17, 15) is 8.78 Å². The first-order valence-electron chi connectivity index (χ1n) is 8.18. The standard InChI is InChI=1S/C17H24F2N2O/c1-22-13-10-14(18)16(15(19)11-13)17(12-4-2-3-5-12)21-8-6-20-7-9-21/h10-12,17,20H,2-9H2,1H3/t17-/m0/s1. The normalized spacial score (nSPS) is 22.0. The lowest BCUT2D eigenvalue weighted by molar-refractivity contribution is 0.119. The third kappa shape index (κ3) is 3.10. The first-order chi connectivity index (χ1) is 10.7. The van der Waals surface area contributed by atoms with E-state index in [2.05, 4.69) is 10.2 Å². The minimum atomic E-state index is -0.479. The molecule has 3 nitrogen and oxygen atoms in total. The summed E-state index contributed by atoms with van der Waals surface area (Å²) < 4.78 is 34.2. The van der Waals surface area contributed by atoms with E-state index in [0.29, 0.717) is 5.92 Å². The summed E-state index contributed by atoms with van der Waals surface area (Å²) in [5.41, 5.74) is 0.231. The van der Waals surface area contributed by atoms with E-state index in [1.165, 1.54) is 19.2 Å². The molecular weight excluding hydrogens is 286 g/mol. The average Bonchev–Trinajstić information content (AvgIpc) is 3.05. The van der Waals surface area contributed by atoms with Gasteiger partial charge in [-0.2, -0.15) is 0 Å². The lowest BCUT2D eigenvalue weighted by atomic mass is 9.89. The largest absolute Gasteiger partial charge is 0.497 e. The Labute approximate surface area is 130 Å². The number of halogens is 2. The van der Waals surface area contributed by atoms with Gasteiger partial charge in [0.2, 0.25) is 0 Å². The zero-order chi connectivity index (χ0) is 15.5. The predicted octanol–water partition coefficient (Wildman–Crippen LogP) is 3.11. The highest BCUT2D eigenvalue weighted by Gasteiger charge is 2.35. The Bertz CT molecular complexity index is 488. The molecule has 5 heteroatoms. The molecule has 2 fully saturated rings. The third-order valence-electron chi connectivity index (χ3n) is 4.98. The number of nitrogens with one attached hydrogen (secondary N) is 1. The second kappa shape index (κ2) is 6.92. The number of hydrogen-bond acceptors (Lipinski definition) is 3. The first kappa shape index (κ1) is 15.7. The second-order valence-electron chi connectivity index (χ2n) is 6.28. The van der Waals surface area contributed by atoms with Crippen LogP contribution < -0.4 is 10.1 Å². The molecule has 0 amide bonds. The van der Waals surface area contributed by atoms with Crippen molar-refractivity contribution in [1.82, 2.24) is 10.2 Å². The Morgan fingerprint density at radius 1 is 1.14 bits per heavy atom. The van der Waals surface area contributed by atoms with E-state index in [0.717, 1.165) is 51.9 Å². The zero-order valence-corrected chi connectivity index (χ0v) is 13.1. The summed E-state index contributed by atoms with van der Waals surface area (Å²) in [6.45, 7) is 3.43. The van der Waals surface area contributed by atoms with Crippen molar-refractivity contribution >= 4 is 0 Å². The molecule has 1 aromatic rings. The van der Waals surface area contributed by atoms with Gasteiger partial charge >= 0.3 is 0 Å². The summed E-state index contributed by atoms with van der Waals surface area (Å²) in [7, 11) is 1.43. The number of benzene rings is 1. The molecule has 0 spiro atoms. The monoisotopic (exact) mass is 310 g/mol. The van der Waals surface area contributed by atoms with Gasteiger partial charge in [-0.25, -0.2) is 8.78 Å². The molecule has 1 aliphatic heterocycles. The fourth-order valence-electron chi connectivity index (χ4n) is 3.91. The molecule has 1 aliphatic carbocycles. The fourth-order valence-corrected chi connectivity index (χ4v) is 3.91. The van der Waals surface area contributed by atoms with Crippen LogP contribution in [0.2, 0.25) is 0 Å². The molecule has 0 bridgehead atoms. The molecule has 0 radical (unpaired) electrons. The molecule has 0 aromatic heterocycles. The summed E-state index contributed by atoms with van der Waals surface area (Å²) in [5, 5.41) is 3.31. The van der Waals surface area contributed by atoms with Crippen LogP contribution in [-0.2, 0) is 0 Å². The van der Waals surface area contributed by atoms with Gasteiger partial charge in [-0.3, -0.25) is 4.90 Å². The van der Waals surface area contributed by atoms with Crippen molar-refractivity contribution in [2.75, 3.05) is 33.3 Å². The van der Waals surface area contributed by atoms with Crippen LogP contribution in [0.25, 0.3) is 0 Å². The molecule has 1 saturated carbocycles. The Morgan fingerprint density at radius 2 is 1.73 bits per heavy atom. The summed E-state index contributed by atoms with van der Waals surface area (Å²) in [6, 6.07) is 2.46. The Morgan fingerprint density at radius 3 is 2.27 bits per heavy atom. The Balaban J connectivity index is 1.97. The van der Waals surface area contributed by atoms with E-state index in [1.54, 1.807) is 0 Å². The molecule has 22 heavy (non-hydrogen) atoms.